The molecule has 120 valence electrons. The quantitative estimate of drug-likeness (QED) is 0.783. The van der Waals surface area contributed by atoms with Gasteiger partial charge in [-0.1, -0.05) is 12.1 Å². The van der Waals surface area contributed by atoms with Crippen molar-refractivity contribution in [2.75, 3.05) is 7.11 Å². The van der Waals surface area contributed by atoms with Crippen molar-refractivity contribution in [2.45, 2.75) is 58.0 Å². The number of hydrogen-bond donors (Lipinski definition) is 0. The number of amides is 1. The average molecular weight is 303 g/mol. The highest BCUT2D eigenvalue weighted by molar-refractivity contribution is 5.98. The summed E-state index contributed by atoms with van der Waals surface area (Å²) in [6.07, 6.45) is 3.82. The number of likely N-dealkylation sites (tertiary alicyclic amines) is 1. The lowest BCUT2D eigenvalue weighted by atomic mass is 9.96. The lowest BCUT2D eigenvalue weighted by Gasteiger charge is -2.39. The first-order valence-electron chi connectivity index (χ1n) is 8.01. The van der Waals surface area contributed by atoms with Crippen LogP contribution in [0.3, 0.4) is 0 Å². The minimum absolute atomic E-state index is 0.00966. The van der Waals surface area contributed by atoms with Gasteiger partial charge in [-0.25, -0.2) is 0 Å². The van der Waals surface area contributed by atoms with Crippen LogP contribution in [0.25, 0.3) is 0 Å². The van der Waals surface area contributed by atoms with E-state index in [0.29, 0.717) is 11.3 Å². The first kappa shape index (κ1) is 16.5. The Morgan fingerprint density at radius 1 is 1.18 bits per heavy atom. The van der Waals surface area contributed by atoms with Crippen LogP contribution in [0.5, 0.6) is 5.75 Å². The molecule has 22 heavy (non-hydrogen) atoms. The van der Waals surface area contributed by atoms with Crippen LogP contribution in [0.4, 0.5) is 0 Å². The summed E-state index contributed by atoms with van der Waals surface area (Å²) in [4.78, 5) is 26.6. The third kappa shape index (κ3) is 3.87. The Labute approximate surface area is 132 Å². The first-order chi connectivity index (χ1) is 10.5. The van der Waals surface area contributed by atoms with E-state index in [4.69, 9.17) is 4.74 Å². The number of rotatable bonds is 5. The van der Waals surface area contributed by atoms with Crippen LogP contribution in [0.2, 0.25) is 0 Å². The largest absolute Gasteiger partial charge is 0.497 e. The minimum Gasteiger partial charge on any atom is -0.497 e. The molecule has 1 fully saturated rings. The Balaban J connectivity index is 1.93. The highest BCUT2D eigenvalue weighted by atomic mass is 16.5. The van der Waals surface area contributed by atoms with Gasteiger partial charge in [-0.15, -0.1) is 0 Å². The Morgan fingerprint density at radius 2 is 1.86 bits per heavy atom. The lowest BCUT2D eigenvalue weighted by Crippen LogP contribution is -2.47. The second kappa shape index (κ2) is 7.43. The van der Waals surface area contributed by atoms with E-state index in [1.165, 1.54) is 6.42 Å². The average Bonchev–Trinajstić information content (AvgIpc) is 2.52. The molecule has 1 aliphatic heterocycles. The number of ether oxygens (including phenoxy) is 1. The highest BCUT2D eigenvalue weighted by Gasteiger charge is 2.28. The maximum absolute atomic E-state index is 12.4. The summed E-state index contributed by atoms with van der Waals surface area (Å²) in [6, 6.07) is 7.65. The third-order valence-electron chi connectivity index (χ3n) is 4.44. The van der Waals surface area contributed by atoms with Crippen molar-refractivity contribution in [1.29, 1.82) is 0 Å². The second-order valence-electron chi connectivity index (χ2n) is 6.09. The molecule has 1 amide bonds. The van der Waals surface area contributed by atoms with E-state index < -0.39 is 0 Å². The van der Waals surface area contributed by atoms with Crippen molar-refractivity contribution < 1.29 is 14.3 Å². The van der Waals surface area contributed by atoms with Crippen molar-refractivity contribution in [3.05, 3.63) is 29.8 Å². The van der Waals surface area contributed by atoms with Crippen molar-refractivity contribution in [2.24, 2.45) is 0 Å². The van der Waals surface area contributed by atoms with Crippen LogP contribution < -0.4 is 4.74 Å². The Morgan fingerprint density at radius 3 is 2.50 bits per heavy atom. The number of carbonyl (C=O) groups excluding carboxylic acids is 2. The highest BCUT2D eigenvalue weighted by Crippen LogP contribution is 2.24. The van der Waals surface area contributed by atoms with Gasteiger partial charge in [-0.2, -0.15) is 0 Å². The number of benzene rings is 1. The maximum Gasteiger partial charge on any atom is 0.223 e. The van der Waals surface area contributed by atoms with E-state index in [2.05, 4.69) is 13.8 Å². The molecule has 4 heteroatoms. The van der Waals surface area contributed by atoms with Gasteiger partial charge in [-0.05, 0) is 45.2 Å². The van der Waals surface area contributed by atoms with Gasteiger partial charge in [0.2, 0.25) is 5.91 Å². The predicted molar refractivity (Wildman–Crippen MR) is 86.2 cm³/mol. The standard InChI is InChI=1S/C18H25NO3/c1-13-6-4-7-14(2)19(13)18(21)11-10-17(20)15-8-5-9-16(12-15)22-3/h5,8-9,12-14H,4,6-7,10-11H2,1-3H3. The van der Waals surface area contributed by atoms with Crippen LogP contribution >= 0.6 is 0 Å². The maximum atomic E-state index is 12.4. The summed E-state index contributed by atoms with van der Waals surface area (Å²) < 4.78 is 5.13. The number of ketones is 1. The molecule has 0 radical (unpaired) electrons. The molecule has 1 aromatic carbocycles. The smallest absolute Gasteiger partial charge is 0.223 e. The fraction of sp³-hybridized carbons (Fsp3) is 0.556. The lowest BCUT2D eigenvalue weighted by molar-refractivity contribution is -0.137. The van der Waals surface area contributed by atoms with Crippen LogP contribution in [-0.2, 0) is 4.79 Å². The van der Waals surface area contributed by atoms with Crippen LogP contribution in [0.15, 0.2) is 24.3 Å². The summed E-state index contributed by atoms with van der Waals surface area (Å²) in [5, 5.41) is 0. The number of methoxy groups -OCH3 is 1. The molecule has 0 bridgehead atoms. The molecular formula is C18H25NO3. The molecule has 1 aromatic rings. The molecule has 1 heterocycles. The molecule has 0 saturated carbocycles. The third-order valence-corrected chi connectivity index (χ3v) is 4.44. The van der Waals surface area contributed by atoms with E-state index in [9.17, 15) is 9.59 Å². The van der Waals surface area contributed by atoms with Crippen molar-refractivity contribution in [3.63, 3.8) is 0 Å². The van der Waals surface area contributed by atoms with Crippen molar-refractivity contribution >= 4 is 11.7 Å². The van der Waals surface area contributed by atoms with E-state index >= 15 is 0 Å². The summed E-state index contributed by atoms with van der Waals surface area (Å²) in [5.41, 5.74) is 0.604. The molecule has 1 aliphatic rings. The topological polar surface area (TPSA) is 46.6 Å². The molecule has 2 atom stereocenters. The van der Waals surface area contributed by atoms with Crippen LogP contribution in [0.1, 0.15) is 56.3 Å². The molecular weight excluding hydrogens is 278 g/mol. The Hall–Kier alpha value is -1.84. The molecule has 2 rings (SSSR count). The zero-order chi connectivity index (χ0) is 16.1. The Kier molecular flexibility index (Phi) is 5.58. The number of piperidine rings is 1. The fourth-order valence-electron chi connectivity index (χ4n) is 3.20. The van der Waals surface area contributed by atoms with Gasteiger partial charge in [0.1, 0.15) is 5.75 Å². The molecule has 4 nitrogen and oxygen atoms in total. The molecule has 0 spiro atoms. The monoisotopic (exact) mass is 303 g/mol. The second-order valence-corrected chi connectivity index (χ2v) is 6.09. The molecule has 0 aromatic heterocycles. The summed E-state index contributed by atoms with van der Waals surface area (Å²) in [6.45, 7) is 4.19. The molecule has 1 saturated heterocycles. The van der Waals surface area contributed by atoms with Crippen molar-refractivity contribution in [1.82, 2.24) is 4.90 Å². The van der Waals surface area contributed by atoms with E-state index in [-0.39, 0.29) is 36.6 Å². The molecule has 0 aliphatic carbocycles. The van der Waals surface area contributed by atoms with E-state index in [0.717, 1.165) is 12.8 Å². The number of carbonyl (C=O) groups is 2. The first-order valence-corrected chi connectivity index (χ1v) is 8.01. The van der Waals surface area contributed by atoms with Gasteiger partial charge in [0.15, 0.2) is 5.78 Å². The van der Waals surface area contributed by atoms with Crippen LogP contribution in [0, 0.1) is 0 Å². The summed E-state index contributed by atoms with van der Waals surface area (Å²) >= 11 is 0. The summed E-state index contributed by atoms with van der Waals surface area (Å²) in [7, 11) is 1.58. The number of hydrogen-bond acceptors (Lipinski definition) is 3. The van der Waals surface area contributed by atoms with Gasteiger partial charge >= 0.3 is 0 Å². The van der Waals surface area contributed by atoms with Gasteiger partial charge in [-0.3, -0.25) is 9.59 Å². The normalized spacial score (nSPS) is 21.5. The molecule has 0 N–H and O–H groups in total. The van der Waals surface area contributed by atoms with Gasteiger partial charge in [0.05, 0.1) is 7.11 Å². The zero-order valence-electron chi connectivity index (χ0n) is 13.7. The fourth-order valence-corrected chi connectivity index (χ4v) is 3.20. The predicted octanol–water partition coefficient (Wildman–Crippen LogP) is 3.45. The number of Topliss-reactive ketones (excluding diaryl/α,β-unsaturated/α-hetero) is 1. The van der Waals surface area contributed by atoms with E-state index in [1.54, 1.807) is 31.4 Å². The van der Waals surface area contributed by atoms with Gasteiger partial charge < -0.3 is 9.64 Å². The van der Waals surface area contributed by atoms with Gasteiger partial charge in [0, 0.05) is 30.5 Å². The zero-order valence-corrected chi connectivity index (χ0v) is 13.7. The molecule has 2 unspecified atom stereocenters. The Bertz CT molecular complexity index is 531. The minimum atomic E-state index is -0.00966. The van der Waals surface area contributed by atoms with Crippen molar-refractivity contribution in [3.8, 4) is 5.75 Å². The van der Waals surface area contributed by atoms with E-state index in [1.807, 2.05) is 4.90 Å². The SMILES string of the molecule is COc1cccc(C(=O)CCC(=O)N2C(C)CCCC2C)c1. The van der Waals surface area contributed by atoms with Gasteiger partial charge in [0.25, 0.3) is 0 Å². The number of nitrogens with zero attached hydrogens (tertiary/aromatic N) is 1. The van der Waals surface area contributed by atoms with Crippen LogP contribution in [-0.4, -0.2) is 35.8 Å². The summed E-state index contributed by atoms with van der Waals surface area (Å²) in [5.74, 6) is 0.746.